The van der Waals surface area contributed by atoms with Crippen LogP contribution < -0.4 is 0 Å². The lowest BCUT2D eigenvalue weighted by Gasteiger charge is -2.37. The zero-order valence-electron chi connectivity index (χ0n) is 17.8. The molecule has 3 fully saturated rings. The number of hydrogen-bond donors (Lipinski definition) is 0. The molecule has 162 valence electrons. The van der Waals surface area contributed by atoms with E-state index in [9.17, 15) is 22.6 Å². The molecule has 3 rings (SSSR count). The molecule has 0 aromatic carbocycles. The van der Waals surface area contributed by atoms with Crippen molar-refractivity contribution in [2.45, 2.75) is 72.6 Å². The molecule has 0 aliphatic heterocycles. The summed E-state index contributed by atoms with van der Waals surface area (Å²) < 4.78 is 32.7. The smallest absolute Gasteiger partial charge is 0.184 e. The number of fused-ring (bicyclic) bond motifs is 2. The number of Topliss-reactive ketones (excluding diaryl/α,β-unsaturated/α-hetero) is 2. The first-order chi connectivity index (χ1) is 13.0. The lowest BCUT2D eigenvalue weighted by atomic mass is 9.70. The predicted molar refractivity (Wildman–Crippen MR) is 113 cm³/mol. The third kappa shape index (κ3) is 5.01. The summed E-state index contributed by atoms with van der Waals surface area (Å²) in [6.07, 6.45) is 6.78. The van der Waals surface area contributed by atoms with Gasteiger partial charge >= 0.3 is 0 Å². The lowest BCUT2D eigenvalue weighted by Crippen LogP contribution is -2.42. The highest BCUT2D eigenvalue weighted by molar-refractivity contribution is 7.97. The summed E-state index contributed by atoms with van der Waals surface area (Å²) in [6, 6.07) is 0. The fourth-order valence-electron chi connectivity index (χ4n) is 5.39. The predicted octanol–water partition coefficient (Wildman–Crippen LogP) is 3.33. The highest BCUT2D eigenvalue weighted by atomic mass is 32.2. The molecule has 3 aliphatic rings. The molecule has 5 nitrogen and oxygen atoms in total. The number of ketones is 2. The van der Waals surface area contributed by atoms with E-state index in [1.54, 1.807) is 0 Å². The van der Waals surface area contributed by atoms with Crippen molar-refractivity contribution in [2.75, 3.05) is 23.0 Å². The van der Waals surface area contributed by atoms with E-state index < -0.39 is 21.3 Å². The maximum atomic E-state index is 11.8. The molecule has 2 unspecified atom stereocenters. The average molecular weight is 433 g/mol. The van der Waals surface area contributed by atoms with Gasteiger partial charge in [0.15, 0.2) is 11.5 Å². The molecule has 28 heavy (non-hydrogen) atoms. The van der Waals surface area contributed by atoms with Crippen molar-refractivity contribution in [3.63, 3.8) is 0 Å². The van der Waals surface area contributed by atoms with Crippen molar-refractivity contribution in [2.24, 2.45) is 22.7 Å². The van der Waals surface area contributed by atoms with Gasteiger partial charge in [-0.3, -0.25) is 9.59 Å². The van der Waals surface area contributed by atoms with Crippen molar-refractivity contribution in [1.29, 1.82) is 0 Å². The zero-order valence-corrected chi connectivity index (χ0v) is 19.4. The van der Waals surface area contributed by atoms with Gasteiger partial charge in [-0.15, -0.1) is 0 Å². The first kappa shape index (κ1) is 23.9. The normalized spacial score (nSPS) is 29.2. The standard InChI is InChI=1S/C11H21OS.C10H16O4S/c1-3-13(4-2)9-11(12)10-7-5-6-8-10;1-9(2)7-3-4-10(9,8(11)5-7)6-15(12,13)14/h10H,3-9H2,1-2H3;7H,3-6H2,1-2H3,(H,12,13,14)/q+1;/p-1. The monoisotopic (exact) mass is 432 g/mol. The SMILES string of the molecule is CC1(C)C2CCC1(CS(=O)(=O)[O-])C(=O)C2.CC[S+](CC)CC(=O)C1CCCC1. The van der Waals surface area contributed by atoms with E-state index in [4.69, 9.17) is 0 Å². The van der Waals surface area contributed by atoms with Crippen molar-refractivity contribution < 1.29 is 22.6 Å². The van der Waals surface area contributed by atoms with Gasteiger partial charge in [-0.2, -0.15) is 0 Å². The summed E-state index contributed by atoms with van der Waals surface area (Å²) in [7, 11) is -3.94. The van der Waals surface area contributed by atoms with Crippen molar-refractivity contribution >= 4 is 32.6 Å². The number of carbonyl (C=O) groups excluding carboxylic acids is 2. The molecule has 0 spiro atoms. The minimum absolute atomic E-state index is 0.0248. The summed E-state index contributed by atoms with van der Waals surface area (Å²) in [5, 5.41) is 0. The van der Waals surface area contributed by atoms with E-state index in [2.05, 4.69) is 13.8 Å². The maximum Gasteiger partial charge on any atom is 0.184 e. The van der Waals surface area contributed by atoms with Crippen LogP contribution in [0.2, 0.25) is 0 Å². The van der Waals surface area contributed by atoms with Crippen LogP contribution in [0.1, 0.15) is 72.6 Å². The van der Waals surface area contributed by atoms with Gasteiger partial charge in [0.1, 0.15) is 17.3 Å². The molecule has 0 amide bonds. The zero-order chi connectivity index (χ0) is 21.2. The molecule has 3 aliphatic carbocycles. The van der Waals surface area contributed by atoms with Crippen LogP contribution in [-0.2, 0) is 30.6 Å². The van der Waals surface area contributed by atoms with E-state index >= 15 is 0 Å². The maximum absolute atomic E-state index is 11.8. The van der Waals surface area contributed by atoms with Crippen LogP contribution in [-0.4, -0.2) is 47.5 Å². The van der Waals surface area contributed by atoms with Gasteiger partial charge in [0.25, 0.3) is 0 Å². The van der Waals surface area contributed by atoms with Gasteiger partial charge < -0.3 is 4.55 Å². The van der Waals surface area contributed by atoms with Crippen LogP contribution in [0.25, 0.3) is 0 Å². The molecule has 2 atom stereocenters. The Hall–Kier alpha value is -0.400. The minimum Gasteiger partial charge on any atom is -0.748 e. The summed E-state index contributed by atoms with van der Waals surface area (Å²) >= 11 is 0. The minimum atomic E-state index is -4.33. The number of rotatable bonds is 7. The van der Waals surface area contributed by atoms with Gasteiger partial charge in [-0.1, -0.05) is 26.7 Å². The molecule has 0 N–H and O–H groups in total. The Labute approximate surface area is 173 Å². The van der Waals surface area contributed by atoms with Crippen molar-refractivity contribution in [1.82, 2.24) is 0 Å². The van der Waals surface area contributed by atoms with Crippen LogP contribution in [0, 0.1) is 22.7 Å². The fraction of sp³-hybridized carbons (Fsp3) is 0.905. The van der Waals surface area contributed by atoms with E-state index in [-0.39, 0.29) is 17.1 Å². The molecule has 2 bridgehead atoms. The van der Waals surface area contributed by atoms with Crippen LogP contribution >= 0.6 is 0 Å². The summed E-state index contributed by atoms with van der Waals surface area (Å²) in [5.41, 5.74) is -1.22. The Morgan fingerprint density at radius 2 is 1.71 bits per heavy atom. The van der Waals surface area contributed by atoms with Gasteiger partial charge in [0.2, 0.25) is 0 Å². The van der Waals surface area contributed by atoms with Crippen LogP contribution in [0.15, 0.2) is 0 Å². The Morgan fingerprint density at radius 1 is 1.14 bits per heavy atom. The summed E-state index contributed by atoms with van der Waals surface area (Å²) in [6.45, 7) is 8.24. The Balaban J connectivity index is 0.000000203. The largest absolute Gasteiger partial charge is 0.748 e. The molecular weight excluding hydrogens is 396 g/mol. The third-order valence-corrected chi connectivity index (χ3v) is 10.7. The van der Waals surface area contributed by atoms with E-state index in [0.717, 1.165) is 12.2 Å². The van der Waals surface area contributed by atoms with Crippen molar-refractivity contribution in [3.05, 3.63) is 0 Å². The van der Waals surface area contributed by atoms with E-state index in [0.29, 0.717) is 35.4 Å². The molecule has 0 radical (unpaired) electrons. The second-order valence-electron chi connectivity index (χ2n) is 9.15. The van der Waals surface area contributed by atoms with Crippen molar-refractivity contribution in [3.8, 4) is 0 Å². The quantitative estimate of drug-likeness (QED) is 0.454. The van der Waals surface area contributed by atoms with Gasteiger partial charge in [0, 0.05) is 17.8 Å². The van der Waals surface area contributed by atoms with E-state index in [1.807, 2.05) is 13.8 Å². The van der Waals surface area contributed by atoms with Gasteiger partial charge in [-0.05, 0) is 61.8 Å². The first-order valence-corrected chi connectivity index (χ1v) is 13.9. The van der Waals surface area contributed by atoms with Crippen LogP contribution in [0.5, 0.6) is 0 Å². The highest BCUT2D eigenvalue weighted by Crippen LogP contribution is 2.64. The topological polar surface area (TPSA) is 91.3 Å². The number of carbonyl (C=O) groups is 2. The average Bonchev–Trinajstić information content (AvgIpc) is 3.26. The molecule has 0 aromatic rings. The molecular formula is C21H36O5S2. The molecule has 3 saturated carbocycles. The summed E-state index contributed by atoms with van der Waals surface area (Å²) in [4.78, 5) is 23.6. The molecule has 0 aromatic heterocycles. The number of hydrogen-bond acceptors (Lipinski definition) is 5. The Bertz CT molecular complexity index is 675. The fourth-order valence-corrected chi connectivity index (χ4v) is 8.12. The van der Waals surface area contributed by atoms with Crippen LogP contribution in [0.4, 0.5) is 0 Å². The second kappa shape index (κ2) is 9.17. The molecule has 0 heterocycles. The third-order valence-electron chi connectivity index (χ3n) is 7.54. The molecule has 0 saturated heterocycles. The van der Waals surface area contributed by atoms with Gasteiger partial charge in [-0.25, -0.2) is 8.42 Å². The van der Waals surface area contributed by atoms with Crippen LogP contribution in [0.3, 0.4) is 0 Å². The second-order valence-corrected chi connectivity index (χ2v) is 13.2. The summed E-state index contributed by atoms with van der Waals surface area (Å²) in [5.74, 6) is 3.97. The van der Waals surface area contributed by atoms with E-state index in [1.165, 1.54) is 37.2 Å². The molecule has 7 heteroatoms. The first-order valence-electron chi connectivity index (χ1n) is 10.6. The van der Waals surface area contributed by atoms with Gasteiger partial charge in [0.05, 0.1) is 15.9 Å². The highest BCUT2D eigenvalue weighted by Gasteiger charge is 2.64. The Morgan fingerprint density at radius 3 is 2.11 bits per heavy atom. The Kier molecular flexibility index (Phi) is 7.82. The lowest BCUT2D eigenvalue weighted by molar-refractivity contribution is -0.128.